The average molecular weight is 329 g/mol. The number of hydrogen-bond donors (Lipinski definition) is 2. The van der Waals surface area contributed by atoms with E-state index in [1.165, 1.54) is 12.5 Å². The van der Waals surface area contributed by atoms with E-state index < -0.39 is 0 Å². The third-order valence-electron chi connectivity index (χ3n) is 4.44. The highest BCUT2D eigenvalue weighted by Gasteiger charge is 2.19. The summed E-state index contributed by atoms with van der Waals surface area (Å²) in [5.41, 5.74) is 1.45. The van der Waals surface area contributed by atoms with Crippen molar-refractivity contribution in [3.63, 3.8) is 0 Å². The van der Waals surface area contributed by atoms with Crippen molar-refractivity contribution in [3.8, 4) is 0 Å². The van der Waals surface area contributed by atoms with Crippen molar-refractivity contribution in [2.24, 2.45) is 5.92 Å². The van der Waals surface area contributed by atoms with Crippen molar-refractivity contribution in [1.82, 2.24) is 19.9 Å². The first-order chi connectivity index (χ1) is 11.4. The Labute approximate surface area is 140 Å². The average Bonchev–Trinajstić information content (AvgIpc) is 2.50. The van der Waals surface area contributed by atoms with Gasteiger partial charge < -0.3 is 9.88 Å². The summed E-state index contributed by atoms with van der Waals surface area (Å²) in [5, 5.41) is 0. The fourth-order valence-electron chi connectivity index (χ4n) is 3.26. The Morgan fingerprint density at radius 2 is 2.04 bits per heavy atom. The Kier molecular flexibility index (Phi) is 4.51. The molecule has 0 aliphatic carbocycles. The van der Waals surface area contributed by atoms with Crippen LogP contribution in [0.5, 0.6) is 0 Å². The number of rotatable bonds is 3. The number of aromatic nitrogens is 4. The lowest BCUT2D eigenvalue weighted by Crippen LogP contribution is -2.36. The largest absolute Gasteiger partial charge is 0.342 e. The Balaban J connectivity index is 1.92. The van der Waals surface area contributed by atoms with Crippen LogP contribution >= 0.6 is 0 Å². The number of piperidine rings is 1. The highest BCUT2D eigenvalue weighted by atomic mass is 16.1. The van der Waals surface area contributed by atoms with Crippen LogP contribution in [-0.2, 0) is 6.42 Å². The van der Waals surface area contributed by atoms with Crippen LogP contribution in [0.2, 0.25) is 0 Å². The number of aromatic amines is 2. The molecule has 1 saturated heterocycles. The summed E-state index contributed by atoms with van der Waals surface area (Å²) in [7, 11) is 0. The molecule has 1 atom stereocenters. The first kappa shape index (κ1) is 16.4. The van der Waals surface area contributed by atoms with Gasteiger partial charge in [-0.1, -0.05) is 6.92 Å². The SMILES string of the molecule is Cc1nc(C)c(Cc2cc(=O)[nH]c(N3CCCC(C)C3)n2)c(=O)[nH]1. The van der Waals surface area contributed by atoms with Gasteiger partial charge in [-0.05, 0) is 32.6 Å². The summed E-state index contributed by atoms with van der Waals surface area (Å²) in [6.07, 6.45) is 2.59. The van der Waals surface area contributed by atoms with Gasteiger partial charge in [0.05, 0.1) is 5.69 Å². The van der Waals surface area contributed by atoms with E-state index in [4.69, 9.17) is 0 Å². The molecule has 2 N–H and O–H groups in total. The first-order valence-electron chi connectivity index (χ1n) is 8.34. The molecule has 0 spiro atoms. The van der Waals surface area contributed by atoms with Gasteiger partial charge in [-0.25, -0.2) is 9.97 Å². The monoisotopic (exact) mass is 329 g/mol. The Hall–Kier alpha value is -2.44. The van der Waals surface area contributed by atoms with E-state index in [1.54, 1.807) is 13.8 Å². The molecular weight excluding hydrogens is 306 g/mol. The second-order valence-electron chi connectivity index (χ2n) is 6.65. The number of nitrogens with one attached hydrogen (secondary N) is 2. The quantitative estimate of drug-likeness (QED) is 0.885. The van der Waals surface area contributed by atoms with Crippen LogP contribution in [0, 0.1) is 19.8 Å². The first-order valence-corrected chi connectivity index (χ1v) is 8.34. The maximum Gasteiger partial charge on any atom is 0.254 e. The predicted octanol–water partition coefficient (Wildman–Crippen LogP) is 1.30. The third-order valence-corrected chi connectivity index (χ3v) is 4.44. The van der Waals surface area contributed by atoms with Crippen molar-refractivity contribution < 1.29 is 0 Å². The molecule has 3 heterocycles. The summed E-state index contributed by atoms with van der Waals surface area (Å²) >= 11 is 0. The molecule has 2 aromatic heterocycles. The van der Waals surface area contributed by atoms with E-state index in [0.29, 0.717) is 41.1 Å². The standard InChI is InChI=1S/C17H23N5O2/c1-10-5-4-6-22(9-10)17-20-13(8-15(23)21-17)7-14-11(2)18-12(3)19-16(14)24/h8,10H,4-7,9H2,1-3H3,(H,18,19,24)(H,20,21,23). The van der Waals surface area contributed by atoms with E-state index >= 15 is 0 Å². The normalized spacial score (nSPS) is 18.0. The molecule has 24 heavy (non-hydrogen) atoms. The lowest BCUT2D eigenvalue weighted by atomic mass is 10.0. The molecule has 0 radical (unpaired) electrons. The predicted molar refractivity (Wildman–Crippen MR) is 92.6 cm³/mol. The van der Waals surface area contributed by atoms with Gasteiger partial charge in [-0.2, -0.15) is 0 Å². The molecule has 3 rings (SSSR count). The van der Waals surface area contributed by atoms with Crippen LogP contribution in [-0.4, -0.2) is 33.0 Å². The number of anilines is 1. The molecule has 0 amide bonds. The van der Waals surface area contributed by atoms with E-state index in [0.717, 1.165) is 19.5 Å². The molecule has 0 bridgehead atoms. The molecule has 128 valence electrons. The van der Waals surface area contributed by atoms with Gasteiger partial charge in [0.25, 0.3) is 11.1 Å². The van der Waals surface area contributed by atoms with Crippen LogP contribution in [0.3, 0.4) is 0 Å². The van der Waals surface area contributed by atoms with Crippen molar-refractivity contribution in [3.05, 3.63) is 49.5 Å². The van der Waals surface area contributed by atoms with Crippen LogP contribution in [0.4, 0.5) is 5.95 Å². The zero-order valence-corrected chi connectivity index (χ0v) is 14.3. The molecular formula is C17H23N5O2. The van der Waals surface area contributed by atoms with Gasteiger partial charge in [-0.3, -0.25) is 14.6 Å². The lowest BCUT2D eigenvalue weighted by molar-refractivity contribution is 0.441. The Bertz CT molecular complexity index is 855. The molecule has 1 unspecified atom stereocenters. The lowest BCUT2D eigenvalue weighted by Gasteiger charge is -2.31. The number of aryl methyl sites for hydroxylation is 2. The van der Waals surface area contributed by atoms with Gasteiger partial charge in [0.15, 0.2) is 0 Å². The Morgan fingerprint density at radius 3 is 2.75 bits per heavy atom. The van der Waals surface area contributed by atoms with Crippen molar-refractivity contribution in [1.29, 1.82) is 0 Å². The summed E-state index contributed by atoms with van der Waals surface area (Å²) in [6.45, 7) is 7.53. The summed E-state index contributed by atoms with van der Waals surface area (Å²) < 4.78 is 0. The van der Waals surface area contributed by atoms with Gasteiger partial charge in [-0.15, -0.1) is 0 Å². The number of hydrogen-bond acceptors (Lipinski definition) is 5. The van der Waals surface area contributed by atoms with Crippen LogP contribution < -0.4 is 16.0 Å². The highest BCUT2D eigenvalue weighted by Crippen LogP contribution is 2.19. The molecule has 7 heteroatoms. The molecule has 1 aliphatic rings. The van der Waals surface area contributed by atoms with Gasteiger partial charge in [0.1, 0.15) is 5.82 Å². The van der Waals surface area contributed by atoms with Crippen molar-refractivity contribution in [2.75, 3.05) is 18.0 Å². The maximum atomic E-state index is 12.2. The minimum Gasteiger partial charge on any atom is -0.342 e. The molecule has 2 aromatic rings. The van der Waals surface area contributed by atoms with Crippen molar-refractivity contribution in [2.45, 2.75) is 40.0 Å². The van der Waals surface area contributed by atoms with Crippen LogP contribution in [0.25, 0.3) is 0 Å². The fourth-order valence-corrected chi connectivity index (χ4v) is 3.26. The van der Waals surface area contributed by atoms with Crippen molar-refractivity contribution >= 4 is 5.95 Å². The van der Waals surface area contributed by atoms with Gasteiger partial charge in [0.2, 0.25) is 5.95 Å². The molecule has 0 aromatic carbocycles. The van der Waals surface area contributed by atoms with E-state index in [9.17, 15) is 9.59 Å². The third kappa shape index (κ3) is 3.55. The van der Waals surface area contributed by atoms with E-state index in [-0.39, 0.29) is 11.1 Å². The van der Waals surface area contributed by atoms with E-state index in [1.807, 2.05) is 0 Å². The van der Waals surface area contributed by atoms with Crippen LogP contribution in [0.15, 0.2) is 15.7 Å². The smallest absolute Gasteiger partial charge is 0.254 e. The summed E-state index contributed by atoms with van der Waals surface area (Å²) in [6, 6.07) is 1.45. The number of H-pyrrole nitrogens is 2. The zero-order valence-electron chi connectivity index (χ0n) is 14.3. The topological polar surface area (TPSA) is 94.7 Å². The summed E-state index contributed by atoms with van der Waals surface area (Å²) in [4.78, 5) is 40.7. The highest BCUT2D eigenvalue weighted by molar-refractivity contribution is 5.33. The summed E-state index contributed by atoms with van der Waals surface area (Å²) in [5.74, 6) is 1.76. The zero-order chi connectivity index (χ0) is 17.3. The molecule has 1 fully saturated rings. The fraction of sp³-hybridized carbons (Fsp3) is 0.529. The Morgan fingerprint density at radius 1 is 1.25 bits per heavy atom. The molecule has 1 aliphatic heterocycles. The minimum atomic E-state index is -0.192. The maximum absolute atomic E-state index is 12.2. The van der Waals surface area contributed by atoms with Gasteiger partial charge >= 0.3 is 0 Å². The minimum absolute atomic E-state index is 0.171. The second-order valence-corrected chi connectivity index (χ2v) is 6.65. The van der Waals surface area contributed by atoms with E-state index in [2.05, 4.69) is 31.8 Å². The number of nitrogens with zero attached hydrogens (tertiary/aromatic N) is 3. The van der Waals surface area contributed by atoms with Crippen LogP contribution in [0.1, 0.15) is 42.5 Å². The van der Waals surface area contributed by atoms with Gasteiger partial charge in [0, 0.05) is 36.8 Å². The second kappa shape index (κ2) is 6.59. The molecule has 0 saturated carbocycles. The molecule has 7 nitrogen and oxygen atoms in total.